The standard InChI is InChI=1S/C21H29N5O4S/c1-5-24(6-2)18-11-9-17(10-12-18)16-22-23-20-14-13-19(26(27)28)15-21(20)31(29,30)25(7-3)8-4/h9-16,23H,5-8H2,1-4H3/b22-16+. The monoisotopic (exact) mass is 447 g/mol. The average molecular weight is 448 g/mol. The third-order valence-corrected chi connectivity index (χ3v) is 7.01. The number of hydrazone groups is 1. The molecule has 0 spiro atoms. The van der Waals surface area contributed by atoms with Gasteiger partial charge in [0.25, 0.3) is 5.69 Å². The fourth-order valence-electron chi connectivity index (χ4n) is 3.17. The lowest BCUT2D eigenvalue weighted by Crippen LogP contribution is -2.31. The highest BCUT2D eigenvalue weighted by Gasteiger charge is 2.27. The van der Waals surface area contributed by atoms with Crippen LogP contribution in [0.1, 0.15) is 33.3 Å². The van der Waals surface area contributed by atoms with E-state index in [0.29, 0.717) is 0 Å². The van der Waals surface area contributed by atoms with Crippen molar-refractivity contribution < 1.29 is 13.3 Å². The Kier molecular flexibility index (Phi) is 8.52. The van der Waals surface area contributed by atoms with E-state index < -0.39 is 14.9 Å². The van der Waals surface area contributed by atoms with Gasteiger partial charge in [0, 0.05) is 44.0 Å². The summed E-state index contributed by atoms with van der Waals surface area (Å²) in [5.74, 6) is 0. The maximum Gasteiger partial charge on any atom is 0.270 e. The van der Waals surface area contributed by atoms with Crippen molar-refractivity contribution in [2.75, 3.05) is 36.5 Å². The van der Waals surface area contributed by atoms with Gasteiger partial charge in [-0.05, 0) is 37.6 Å². The number of benzene rings is 2. The Morgan fingerprint density at radius 1 is 1.00 bits per heavy atom. The zero-order chi connectivity index (χ0) is 23.0. The van der Waals surface area contributed by atoms with Crippen molar-refractivity contribution in [3.05, 3.63) is 58.1 Å². The van der Waals surface area contributed by atoms with Crippen LogP contribution in [-0.2, 0) is 10.0 Å². The average Bonchev–Trinajstić information content (AvgIpc) is 2.76. The molecular weight excluding hydrogens is 418 g/mol. The smallest absolute Gasteiger partial charge is 0.270 e. The lowest BCUT2D eigenvalue weighted by atomic mass is 10.2. The van der Waals surface area contributed by atoms with Crippen LogP contribution in [0.5, 0.6) is 0 Å². The first-order valence-corrected chi connectivity index (χ1v) is 11.6. The summed E-state index contributed by atoms with van der Waals surface area (Å²) in [4.78, 5) is 12.6. The van der Waals surface area contributed by atoms with Crippen molar-refractivity contribution in [1.29, 1.82) is 0 Å². The molecule has 0 aliphatic rings. The highest BCUT2D eigenvalue weighted by atomic mass is 32.2. The van der Waals surface area contributed by atoms with Gasteiger partial charge in [0.1, 0.15) is 4.90 Å². The van der Waals surface area contributed by atoms with E-state index in [-0.39, 0.29) is 29.4 Å². The summed E-state index contributed by atoms with van der Waals surface area (Å²) in [6.07, 6.45) is 1.57. The quantitative estimate of drug-likeness (QED) is 0.318. The second-order valence-corrected chi connectivity index (χ2v) is 8.57. The van der Waals surface area contributed by atoms with Crippen LogP contribution in [0, 0.1) is 10.1 Å². The number of sulfonamides is 1. The van der Waals surface area contributed by atoms with E-state index in [9.17, 15) is 18.5 Å². The van der Waals surface area contributed by atoms with E-state index in [0.717, 1.165) is 30.4 Å². The molecule has 0 aliphatic heterocycles. The van der Waals surface area contributed by atoms with Gasteiger partial charge in [-0.3, -0.25) is 15.5 Å². The van der Waals surface area contributed by atoms with E-state index in [1.54, 1.807) is 20.1 Å². The molecule has 10 heteroatoms. The molecule has 2 aromatic carbocycles. The Bertz CT molecular complexity index is 1010. The Morgan fingerprint density at radius 2 is 1.61 bits per heavy atom. The minimum absolute atomic E-state index is 0.175. The van der Waals surface area contributed by atoms with E-state index >= 15 is 0 Å². The molecule has 0 saturated heterocycles. The van der Waals surface area contributed by atoms with Crippen molar-refractivity contribution in [3.8, 4) is 0 Å². The van der Waals surface area contributed by atoms with Crippen LogP contribution in [0.2, 0.25) is 0 Å². The first-order valence-electron chi connectivity index (χ1n) is 10.2. The number of hydrogen-bond acceptors (Lipinski definition) is 7. The third-order valence-electron chi connectivity index (χ3n) is 4.92. The fraction of sp³-hybridized carbons (Fsp3) is 0.381. The Balaban J connectivity index is 2.31. The summed E-state index contributed by atoms with van der Waals surface area (Å²) >= 11 is 0. The Morgan fingerprint density at radius 3 is 2.13 bits per heavy atom. The van der Waals surface area contributed by atoms with Crippen molar-refractivity contribution in [2.24, 2.45) is 5.10 Å². The Hall–Kier alpha value is -2.98. The number of nitro groups is 1. The van der Waals surface area contributed by atoms with E-state index in [4.69, 9.17) is 0 Å². The number of hydrogen-bond donors (Lipinski definition) is 1. The summed E-state index contributed by atoms with van der Waals surface area (Å²) < 4.78 is 27.2. The molecule has 0 saturated carbocycles. The normalized spacial score (nSPS) is 11.8. The van der Waals surface area contributed by atoms with Gasteiger partial charge in [0.15, 0.2) is 0 Å². The first-order chi connectivity index (χ1) is 14.8. The molecule has 0 unspecified atom stereocenters. The third kappa shape index (κ3) is 5.80. The molecular formula is C21H29N5O4S. The number of non-ortho nitro benzene ring substituents is 1. The van der Waals surface area contributed by atoms with Gasteiger partial charge >= 0.3 is 0 Å². The highest BCUT2D eigenvalue weighted by molar-refractivity contribution is 7.89. The molecule has 0 bridgehead atoms. The number of nitrogens with zero attached hydrogens (tertiary/aromatic N) is 4. The fourth-order valence-corrected chi connectivity index (χ4v) is 4.79. The lowest BCUT2D eigenvalue weighted by molar-refractivity contribution is -0.385. The molecule has 31 heavy (non-hydrogen) atoms. The van der Waals surface area contributed by atoms with Gasteiger partial charge in [0.2, 0.25) is 10.0 Å². The molecule has 168 valence electrons. The molecule has 9 nitrogen and oxygen atoms in total. The van der Waals surface area contributed by atoms with Gasteiger partial charge < -0.3 is 4.90 Å². The predicted molar refractivity (Wildman–Crippen MR) is 124 cm³/mol. The minimum atomic E-state index is -3.92. The predicted octanol–water partition coefficient (Wildman–Crippen LogP) is 3.92. The van der Waals surface area contributed by atoms with Crippen LogP contribution in [0.25, 0.3) is 0 Å². The molecule has 0 aromatic heterocycles. The van der Waals surface area contributed by atoms with Gasteiger partial charge in [-0.15, -0.1) is 0 Å². The van der Waals surface area contributed by atoms with Crippen LogP contribution < -0.4 is 10.3 Å². The largest absolute Gasteiger partial charge is 0.372 e. The molecule has 1 N–H and O–H groups in total. The lowest BCUT2D eigenvalue weighted by Gasteiger charge is -2.20. The van der Waals surface area contributed by atoms with Crippen molar-refractivity contribution in [1.82, 2.24) is 4.31 Å². The van der Waals surface area contributed by atoms with Crippen LogP contribution in [0.4, 0.5) is 17.1 Å². The molecule has 0 aliphatic carbocycles. The molecule has 0 heterocycles. The van der Waals surface area contributed by atoms with E-state index in [1.807, 2.05) is 24.3 Å². The summed E-state index contributed by atoms with van der Waals surface area (Å²) in [5, 5.41) is 15.3. The van der Waals surface area contributed by atoms with Crippen LogP contribution in [0.3, 0.4) is 0 Å². The van der Waals surface area contributed by atoms with Crippen LogP contribution in [-0.4, -0.2) is 50.0 Å². The molecule has 2 aromatic rings. The summed E-state index contributed by atoms with van der Waals surface area (Å²) in [6, 6.07) is 11.5. The van der Waals surface area contributed by atoms with Crippen LogP contribution in [0.15, 0.2) is 52.5 Å². The van der Waals surface area contributed by atoms with Gasteiger partial charge in [-0.25, -0.2) is 8.42 Å². The maximum absolute atomic E-state index is 13.0. The minimum Gasteiger partial charge on any atom is -0.372 e. The number of nitro benzene ring substituents is 1. The number of rotatable bonds is 11. The first kappa shape index (κ1) is 24.3. The highest BCUT2D eigenvalue weighted by Crippen LogP contribution is 2.29. The van der Waals surface area contributed by atoms with Crippen molar-refractivity contribution in [2.45, 2.75) is 32.6 Å². The van der Waals surface area contributed by atoms with Gasteiger partial charge in [-0.2, -0.15) is 9.41 Å². The zero-order valence-electron chi connectivity index (χ0n) is 18.3. The summed E-state index contributed by atoms with van der Waals surface area (Å²) in [6.45, 7) is 9.95. The van der Waals surface area contributed by atoms with E-state index in [2.05, 4.69) is 29.3 Å². The number of nitrogens with one attached hydrogen (secondary N) is 1. The number of anilines is 2. The van der Waals surface area contributed by atoms with Gasteiger partial charge in [0.05, 0.1) is 16.8 Å². The topological polar surface area (TPSA) is 108 Å². The Labute approximate surface area is 183 Å². The molecule has 0 radical (unpaired) electrons. The maximum atomic E-state index is 13.0. The molecule has 0 amide bonds. The van der Waals surface area contributed by atoms with E-state index in [1.165, 1.54) is 16.4 Å². The summed E-state index contributed by atoms with van der Waals surface area (Å²) in [5.41, 5.74) is 4.54. The molecule has 2 rings (SSSR count). The van der Waals surface area contributed by atoms with Crippen LogP contribution >= 0.6 is 0 Å². The second kappa shape index (κ2) is 10.9. The summed E-state index contributed by atoms with van der Waals surface area (Å²) in [7, 11) is -3.92. The second-order valence-electron chi connectivity index (χ2n) is 6.66. The zero-order valence-corrected chi connectivity index (χ0v) is 19.1. The van der Waals surface area contributed by atoms with Crippen molar-refractivity contribution in [3.63, 3.8) is 0 Å². The van der Waals surface area contributed by atoms with Crippen molar-refractivity contribution >= 4 is 33.3 Å². The molecule has 0 atom stereocenters. The molecule has 0 fully saturated rings. The van der Waals surface area contributed by atoms with Gasteiger partial charge in [-0.1, -0.05) is 26.0 Å². The SMILES string of the molecule is CCN(CC)c1ccc(/C=N/Nc2ccc([N+](=O)[O-])cc2S(=O)(=O)N(CC)CC)cc1.